The lowest BCUT2D eigenvalue weighted by atomic mass is 10.1. The predicted molar refractivity (Wildman–Crippen MR) is 74.9 cm³/mol. The van der Waals surface area contributed by atoms with Gasteiger partial charge in [-0.2, -0.15) is 0 Å². The maximum absolute atomic E-state index is 11.8. The van der Waals surface area contributed by atoms with Gasteiger partial charge >= 0.3 is 0 Å². The average Bonchev–Trinajstić information content (AvgIpc) is 2.87. The Morgan fingerprint density at radius 1 is 1.15 bits per heavy atom. The van der Waals surface area contributed by atoms with E-state index in [1.807, 2.05) is 42.5 Å². The van der Waals surface area contributed by atoms with Crippen molar-refractivity contribution in [3.8, 4) is 11.5 Å². The number of hydrogen-bond acceptors (Lipinski definition) is 3. The van der Waals surface area contributed by atoms with Crippen molar-refractivity contribution in [1.82, 2.24) is 5.32 Å². The molecule has 1 aliphatic heterocycles. The average molecular weight is 269 g/mol. The van der Waals surface area contributed by atoms with Crippen LogP contribution in [0.5, 0.6) is 11.5 Å². The summed E-state index contributed by atoms with van der Waals surface area (Å²) < 4.78 is 11.1. The van der Waals surface area contributed by atoms with Crippen molar-refractivity contribution >= 4 is 5.91 Å². The molecule has 0 spiro atoms. The van der Waals surface area contributed by atoms with Crippen molar-refractivity contribution in [3.63, 3.8) is 0 Å². The van der Waals surface area contributed by atoms with Gasteiger partial charge in [0.25, 0.3) is 5.91 Å². The van der Waals surface area contributed by atoms with Gasteiger partial charge in [-0.05, 0) is 17.2 Å². The highest BCUT2D eigenvalue weighted by atomic mass is 16.5. The minimum atomic E-state index is -0.109. The molecule has 4 heteroatoms. The number of carbonyl (C=O) groups is 1. The summed E-state index contributed by atoms with van der Waals surface area (Å²) in [6, 6.07) is 13.6. The minimum absolute atomic E-state index is 0.109. The molecule has 1 N–H and O–H groups in total. The van der Waals surface area contributed by atoms with Crippen molar-refractivity contribution in [3.05, 3.63) is 59.2 Å². The Morgan fingerprint density at radius 2 is 1.95 bits per heavy atom. The summed E-state index contributed by atoms with van der Waals surface area (Å²) in [7, 11) is 1.55. The van der Waals surface area contributed by atoms with Crippen LogP contribution in [0.1, 0.15) is 21.5 Å². The second-order valence-corrected chi connectivity index (χ2v) is 4.59. The van der Waals surface area contributed by atoms with Crippen molar-refractivity contribution in [1.29, 1.82) is 0 Å². The number of amides is 1. The van der Waals surface area contributed by atoms with E-state index in [2.05, 4.69) is 5.32 Å². The first-order valence-corrected chi connectivity index (χ1v) is 6.44. The lowest BCUT2D eigenvalue weighted by molar-refractivity contribution is 0.0962. The van der Waals surface area contributed by atoms with Gasteiger partial charge in [-0.3, -0.25) is 4.79 Å². The topological polar surface area (TPSA) is 47.6 Å². The number of benzene rings is 2. The lowest BCUT2D eigenvalue weighted by Crippen LogP contribution is -2.13. The Hall–Kier alpha value is -2.49. The normalized spacial score (nSPS) is 12.8. The minimum Gasteiger partial charge on any atom is -0.492 e. The Kier molecular flexibility index (Phi) is 3.29. The molecule has 20 heavy (non-hydrogen) atoms. The van der Waals surface area contributed by atoms with Crippen LogP contribution in [0.4, 0.5) is 0 Å². The van der Waals surface area contributed by atoms with Gasteiger partial charge < -0.3 is 14.8 Å². The SMILES string of the molecule is COc1c(OCc2ccccc2)ccc2c1C(=O)NC2. The fourth-order valence-corrected chi connectivity index (χ4v) is 2.32. The van der Waals surface area contributed by atoms with E-state index < -0.39 is 0 Å². The van der Waals surface area contributed by atoms with Crippen molar-refractivity contribution < 1.29 is 14.3 Å². The highest BCUT2D eigenvalue weighted by Gasteiger charge is 2.26. The smallest absolute Gasteiger partial charge is 0.255 e. The molecule has 4 nitrogen and oxygen atoms in total. The fraction of sp³-hybridized carbons (Fsp3) is 0.188. The molecule has 2 aromatic carbocycles. The van der Waals surface area contributed by atoms with E-state index in [9.17, 15) is 4.79 Å². The summed E-state index contributed by atoms with van der Waals surface area (Å²) in [6.45, 7) is 0.987. The molecule has 1 aliphatic rings. The zero-order valence-corrected chi connectivity index (χ0v) is 11.2. The van der Waals surface area contributed by atoms with E-state index in [4.69, 9.17) is 9.47 Å². The number of fused-ring (bicyclic) bond motifs is 1. The number of carbonyl (C=O) groups excluding carboxylic acids is 1. The third kappa shape index (κ3) is 2.20. The van der Waals surface area contributed by atoms with Crippen LogP contribution in [0.2, 0.25) is 0 Å². The third-order valence-corrected chi connectivity index (χ3v) is 3.32. The summed E-state index contributed by atoms with van der Waals surface area (Å²) in [6.07, 6.45) is 0. The van der Waals surface area contributed by atoms with Gasteiger partial charge in [-0.15, -0.1) is 0 Å². The molecule has 0 radical (unpaired) electrons. The largest absolute Gasteiger partial charge is 0.492 e. The fourth-order valence-electron chi connectivity index (χ4n) is 2.32. The van der Waals surface area contributed by atoms with E-state index >= 15 is 0 Å². The summed E-state index contributed by atoms with van der Waals surface area (Å²) in [4.78, 5) is 11.8. The van der Waals surface area contributed by atoms with Crippen LogP contribution in [-0.2, 0) is 13.2 Å². The maximum Gasteiger partial charge on any atom is 0.255 e. The molecule has 3 rings (SSSR count). The molecule has 0 aliphatic carbocycles. The molecule has 0 unspecified atom stereocenters. The quantitative estimate of drug-likeness (QED) is 0.927. The van der Waals surface area contributed by atoms with E-state index in [1.165, 1.54) is 0 Å². The molecular weight excluding hydrogens is 254 g/mol. The van der Waals surface area contributed by atoms with E-state index in [0.717, 1.165) is 11.1 Å². The summed E-state index contributed by atoms with van der Waals surface area (Å²) in [5, 5.41) is 2.79. The molecule has 0 fully saturated rings. The Labute approximate surface area is 117 Å². The van der Waals surface area contributed by atoms with Gasteiger partial charge in [-0.25, -0.2) is 0 Å². The molecule has 102 valence electrons. The molecule has 0 saturated carbocycles. The van der Waals surface area contributed by atoms with Gasteiger partial charge in [0.05, 0.1) is 12.7 Å². The Bertz CT molecular complexity index is 638. The van der Waals surface area contributed by atoms with Crippen molar-refractivity contribution in [2.45, 2.75) is 13.2 Å². The standard InChI is InChI=1S/C16H15NO3/c1-19-15-13(20-10-11-5-3-2-4-6-11)8-7-12-9-17-16(18)14(12)15/h2-8H,9-10H2,1H3,(H,17,18). The van der Waals surface area contributed by atoms with Gasteiger partial charge in [0, 0.05) is 6.54 Å². The molecule has 2 aromatic rings. The Morgan fingerprint density at radius 3 is 2.70 bits per heavy atom. The maximum atomic E-state index is 11.8. The second kappa shape index (κ2) is 5.25. The van der Waals surface area contributed by atoms with E-state index in [-0.39, 0.29) is 5.91 Å². The molecule has 0 aromatic heterocycles. The van der Waals surface area contributed by atoms with E-state index in [0.29, 0.717) is 30.2 Å². The molecule has 0 bridgehead atoms. The molecule has 0 saturated heterocycles. The molecule has 1 heterocycles. The number of ether oxygens (including phenoxy) is 2. The van der Waals surface area contributed by atoms with Crippen LogP contribution in [-0.4, -0.2) is 13.0 Å². The molecule has 1 amide bonds. The van der Waals surface area contributed by atoms with Crippen LogP contribution in [0.3, 0.4) is 0 Å². The highest BCUT2D eigenvalue weighted by molar-refractivity contribution is 6.01. The number of methoxy groups -OCH3 is 1. The third-order valence-electron chi connectivity index (χ3n) is 3.32. The zero-order chi connectivity index (χ0) is 13.9. The van der Waals surface area contributed by atoms with Crippen molar-refractivity contribution in [2.24, 2.45) is 0 Å². The predicted octanol–water partition coefficient (Wildman–Crippen LogP) is 2.52. The number of rotatable bonds is 4. The van der Waals surface area contributed by atoms with Crippen LogP contribution >= 0.6 is 0 Å². The summed E-state index contributed by atoms with van der Waals surface area (Å²) in [5.74, 6) is 0.989. The Balaban J connectivity index is 1.87. The lowest BCUT2D eigenvalue weighted by Gasteiger charge is -2.13. The molecule has 0 atom stereocenters. The van der Waals surface area contributed by atoms with Crippen LogP contribution in [0.15, 0.2) is 42.5 Å². The van der Waals surface area contributed by atoms with Gasteiger partial charge in [0.2, 0.25) is 0 Å². The van der Waals surface area contributed by atoms with Gasteiger partial charge in [0.1, 0.15) is 6.61 Å². The highest BCUT2D eigenvalue weighted by Crippen LogP contribution is 2.36. The van der Waals surface area contributed by atoms with E-state index in [1.54, 1.807) is 7.11 Å². The van der Waals surface area contributed by atoms with Crippen LogP contribution in [0, 0.1) is 0 Å². The molecular formula is C16H15NO3. The second-order valence-electron chi connectivity index (χ2n) is 4.59. The van der Waals surface area contributed by atoms with Crippen LogP contribution in [0.25, 0.3) is 0 Å². The van der Waals surface area contributed by atoms with Gasteiger partial charge in [-0.1, -0.05) is 36.4 Å². The first-order chi connectivity index (χ1) is 9.79. The number of nitrogens with one attached hydrogen (secondary N) is 1. The van der Waals surface area contributed by atoms with Crippen molar-refractivity contribution in [2.75, 3.05) is 7.11 Å². The first-order valence-electron chi connectivity index (χ1n) is 6.44. The van der Waals surface area contributed by atoms with Crippen LogP contribution < -0.4 is 14.8 Å². The monoisotopic (exact) mass is 269 g/mol. The summed E-state index contributed by atoms with van der Waals surface area (Å²) in [5.41, 5.74) is 2.59. The first kappa shape index (κ1) is 12.5. The van der Waals surface area contributed by atoms with Gasteiger partial charge in [0.15, 0.2) is 11.5 Å². The summed E-state index contributed by atoms with van der Waals surface area (Å²) >= 11 is 0. The zero-order valence-electron chi connectivity index (χ0n) is 11.2. The number of hydrogen-bond donors (Lipinski definition) is 1.